The van der Waals surface area contributed by atoms with Crippen LogP contribution in [0.3, 0.4) is 0 Å². The Bertz CT molecular complexity index is 340. The molecule has 0 fully saturated rings. The maximum Gasteiger partial charge on any atom is 0.0940 e. The van der Waals surface area contributed by atoms with Gasteiger partial charge in [0.1, 0.15) is 0 Å². The molecule has 0 saturated carbocycles. The highest BCUT2D eigenvalue weighted by molar-refractivity contribution is 5.31. The summed E-state index contributed by atoms with van der Waals surface area (Å²) in [6.45, 7) is 7.69. The van der Waals surface area contributed by atoms with E-state index < -0.39 is 0 Å². The number of furan rings is 1. The van der Waals surface area contributed by atoms with E-state index in [0.717, 1.165) is 13.0 Å². The molecule has 2 heteroatoms. The molecule has 0 amide bonds. The van der Waals surface area contributed by atoms with E-state index in [1.54, 1.807) is 0 Å². The molecule has 0 aromatic carbocycles. The van der Waals surface area contributed by atoms with Gasteiger partial charge in [0.05, 0.1) is 12.5 Å². The largest absolute Gasteiger partial charge is 0.472 e. The van der Waals surface area contributed by atoms with Crippen molar-refractivity contribution in [1.82, 2.24) is 0 Å². The van der Waals surface area contributed by atoms with E-state index in [0.29, 0.717) is 17.3 Å². The highest BCUT2D eigenvalue weighted by Gasteiger charge is 2.39. The molecule has 1 aromatic heterocycles. The second-order valence-corrected chi connectivity index (χ2v) is 5.53. The lowest BCUT2D eigenvalue weighted by Gasteiger charge is -2.41. The van der Waals surface area contributed by atoms with Gasteiger partial charge in [-0.25, -0.2) is 0 Å². The lowest BCUT2D eigenvalue weighted by atomic mass is 9.63. The first-order chi connectivity index (χ1) is 7.06. The summed E-state index contributed by atoms with van der Waals surface area (Å²) < 4.78 is 5.34. The molecule has 15 heavy (non-hydrogen) atoms. The van der Waals surface area contributed by atoms with Crippen LogP contribution in [0.1, 0.15) is 44.2 Å². The van der Waals surface area contributed by atoms with Crippen molar-refractivity contribution in [3.8, 4) is 0 Å². The summed E-state index contributed by atoms with van der Waals surface area (Å²) in [5.74, 6) is 1.07. The van der Waals surface area contributed by atoms with E-state index in [-0.39, 0.29) is 0 Å². The molecule has 1 heterocycles. The van der Waals surface area contributed by atoms with Crippen molar-refractivity contribution in [3.05, 3.63) is 23.7 Å². The standard InChI is InChI=1S/C13H21NO/c1-9(6-14)12-11-8-15-7-10(11)4-5-13(12,2)3/h7-9,12H,4-6,14H2,1-3H3. The van der Waals surface area contributed by atoms with E-state index >= 15 is 0 Å². The molecule has 2 nitrogen and oxygen atoms in total. The molecule has 1 aliphatic rings. The van der Waals surface area contributed by atoms with Crippen LogP contribution in [0.4, 0.5) is 0 Å². The number of nitrogens with two attached hydrogens (primary N) is 1. The molecular weight excluding hydrogens is 186 g/mol. The van der Waals surface area contributed by atoms with Gasteiger partial charge >= 0.3 is 0 Å². The van der Waals surface area contributed by atoms with Crippen molar-refractivity contribution in [2.75, 3.05) is 6.54 Å². The maximum atomic E-state index is 5.82. The zero-order valence-corrected chi connectivity index (χ0v) is 9.92. The molecule has 1 aliphatic carbocycles. The van der Waals surface area contributed by atoms with Gasteiger partial charge in [-0.2, -0.15) is 0 Å². The van der Waals surface area contributed by atoms with Gasteiger partial charge in [-0.05, 0) is 47.8 Å². The van der Waals surface area contributed by atoms with Crippen molar-refractivity contribution in [3.63, 3.8) is 0 Å². The fourth-order valence-electron chi connectivity index (χ4n) is 3.06. The predicted molar refractivity (Wildman–Crippen MR) is 61.8 cm³/mol. The van der Waals surface area contributed by atoms with Crippen LogP contribution in [0.25, 0.3) is 0 Å². The topological polar surface area (TPSA) is 39.2 Å². The fraction of sp³-hybridized carbons (Fsp3) is 0.692. The van der Waals surface area contributed by atoms with Crippen LogP contribution in [-0.2, 0) is 6.42 Å². The second-order valence-electron chi connectivity index (χ2n) is 5.53. The molecule has 0 radical (unpaired) electrons. The Morgan fingerprint density at radius 3 is 2.93 bits per heavy atom. The van der Waals surface area contributed by atoms with Gasteiger partial charge in [0.2, 0.25) is 0 Å². The average Bonchev–Trinajstić information content (AvgIpc) is 2.63. The molecule has 2 atom stereocenters. The molecule has 2 unspecified atom stereocenters. The van der Waals surface area contributed by atoms with Gasteiger partial charge in [0, 0.05) is 0 Å². The van der Waals surface area contributed by atoms with Crippen molar-refractivity contribution < 1.29 is 4.42 Å². The second kappa shape index (κ2) is 3.67. The quantitative estimate of drug-likeness (QED) is 0.809. The van der Waals surface area contributed by atoms with Crippen LogP contribution in [0.5, 0.6) is 0 Å². The Labute approximate surface area is 91.8 Å². The van der Waals surface area contributed by atoms with Gasteiger partial charge in [0.15, 0.2) is 0 Å². The Balaban J connectivity index is 2.40. The number of rotatable bonds is 2. The lowest BCUT2D eigenvalue weighted by molar-refractivity contribution is 0.193. The van der Waals surface area contributed by atoms with E-state index in [4.69, 9.17) is 10.2 Å². The van der Waals surface area contributed by atoms with Crippen LogP contribution in [0, 0.1) is 11.3 Å². The normalized spacial score (nSPS) is 26.0. The van der Waals surface area contributed by atoms with Crippen LogP contribution < -0.4 is 5.73 Å². The Kier molecular flexibility index (Phi) is 2.63. The minimum atomic E-state index is 0.343. The third kappa shape index (κ3) is 1.71. The summed E-state index contributed by atoms with van der Waals surface area (Å²) in [4.78, 5) is 0. The number of hydrogen-bond donors (Lipinski definition) is 1. The molecule has 1 aromatic rings. The molecule has 2 rings (SSSR count). The van der Waals surface area contributed by atoms with Crippen molar-refractivity contribution in [2.45, 2.75) is 39.5 Å². The number of fused-ring (bicyclic) bond motifs is 1. The summed E-state index contributed by atoms with van der Waals surface area (Å²) in [6.07, 6.45) is 6.20. The number of hydrogen-bond acceptors (Lipinski definition) is 2. The highest BCUT2D eigenvalue weighted by atomic mass is 16.3. The first kappa shape index (κ1) is 10.7. The fourth-order valence-corrected chi connectivity index (χ4v) is 3.06. The Morgan fingerprint density at radius 1 is 1.53 bits per heavy atom. The van der Waals surface area contributed by atoms with Crippen LogP contribution >= 0.6 is 0 Å². The molecule has 2 N–H and O–H groups in total. The Morgan fingerprint density at radius 2 is 2.27 bits per heavy atom. The SMILES string of the molecule is CC(CN)C1c2cocc2CCC1(C)C. The summed E-state index contributed by atoms with van der Waals surface area (Å²) in [5.41, 5.74) is 8.94. The zero-order valence-electron chi connectivity index (χ0n) is 9.92. The predicted octanol–water partition coefficient (Wildman–Crippen LogP) is 2.93. The molecular formula is C13H21NO. The molecule has 0 bridgehead atoms. The minimum Gasteiger partial charge on any atom is -0.472 e. The molecule has 0 spiro atoms. The van der Waals surface area contributed by atoms with Gasteiger partial charge in [0.25, 0.3) is 0 Å². The average molecular weight is 207 g/mol. The van der Waals surface area contributed by atoms with Gasteiger partial charge in [-0.3, -0.25) is 0 Å². The monoisotopic (exact) mass is 207 g/mol. The van der Waals surface area contributed by atoms with Crippen LogP contribution in [-0.4, -0.2) is 6.54 Å². The summed E-state index contributed by atoms with van der Waals surface area (Å²) in [5, 5.41) is 0. The highest BCUT2D eigenvalue weighted by Crippen LogP contribution is 2.48. The van der Waals surface area contributed by atoms with Gasteiger partial charge in [-0.15, -0.1) is 0 Å². The van der Waals surface area contributed by atoms with Crippen LogP contribution in [0.2, 0.25) is 0 Å². The minimum absolute atomic E-state index is 0.343. The molecule has 84 valence electrons. The first-order valence-corrected chi connectivity index (χ1v) is 5.81. The third-order valence-electron chi connectivity index (χ3n) is 3.93. The Hall–Kier alpha value is -0.760. The maximum absolute atomic E-state index is 5.82. The summed E-state index contributed by atoms with van der Waals surface area (Å²) in [6, 6.07) is 0. The van der Waals surface area contributed by atoms with E-state index in [1.165, 1.54) is 17.5 Å². The van der Waals surface area contributed by atoms with E-state index in [2.05, 4.69) is 20.8 Å². The lowest BCUT2D eigenvalue weighted by Crippen LogP contribution is -2.34. The molecule has 0 saturated heterocycles. The third-order valence-corrected chi connectivity index (χ3v) is 3.93. The first-order valence-electron chi connectivity index (χ1n) is 5.81. The molecule has 0 aliphatic heterocycles. The van der Waals surface area contributed by atoms with Gasteiger partial charge in [-0.1, -0.05) is 20.8 Å². The number of aryl methyl sites for hydroxylation is 1. The van der Waals surface area contributed by atoms with E-state index in [9.17, 15) is 0 Å². The van der Waals surface area contributed by atoms with Crippen molar-refractivity contribution in [1.29, 1.82) is 0 Å². The van der Waals surface area contributed by atoms with Crippen molar-refractivity contribution >= 4 is 0 Å². The van der Waals surface area contributed by atoms with Crippen molar-refractivity contribution in [2.24, 2.45) is 17.1 Å². The van der Waals surface area contributed by atoms with Crippen LogP contribution in [0.15, 0.2) is 16.9 Å². The van der Waals surface area contributed by atoms with Gasteiger partial charge < -0.3 is 10.2 Å². The zero-order chi connectivity index (χ0) is 11.1. The smallest absolute Gasteiger partial charge is 0.0940 e. The summed E-state index contributed by atoms with van der Waals surface area (Å²) in [7, 11) is 0. The van der Waals surface area contributed by atoms with E-state index in [1.807, 2.05) is 12.5 Å². The summed E-state index contributed by atoms with van der Waals surface area (Å²) >= 11 is 0.